The maximum atomic E-state index is 10.9. The zero-order valence-corrected chi connectivity index (χ0v) is 8.91. The maximum Gasteiger partial charge on any atom is 0.322 e. The van der Waals surface area contributed by atoms with Crippen LogP contribution in [-0.2, 0) is 14.3 Å². The van der Waals surface area contributed by atoms with Crippen LogP contribution in [0.5, 0.6) is 0 Å². The number of rotatable bonds is 8. The average molecular weight is 204 g/mol. The van der Waals surface area contributed by atoms with Crippen molar-refractivity contribution in [3.05, 3.63) is 0 Å². The highest BCUT2D eigenvalue weighted by atomic mass is 16.5. The molecule has 84 valence electrons. The van der Waals surface area contributed by atoms with Gasteiger partial charge in [-0.05, 0) is 25.9 Å². The molecule has 0 rings (SSSR count). The summed E-state index contributed by atoms with van der Waals surface area (Å²) in [5.74, 6) is -0.358. The van der Waals surface area contributed by atoms with Crippen molar-refractivity contribution in [3.8, 4) is 0 Å². The molecule has 1 unspecified atom stereocenters. The lowest BCUT2D eigenvalue weighted by Gasteiger charge is -2.09. The molecule has 0 aliphatic carbocycles. The predicted octanol–water partition coefficient (Wildman–Crippen LogP) is -0.497. The van der Waals surface area contributed by atoms with Gasteiger partial charge in [-0.2, -0.15) is 0 Å². The number of ether oxygens (including phenoxy) is 2. The van der Waals surface area contributed by atoms with Gasteiger partial charge in [-0.1, -0.05) is 0 Å². The van der Waals surface area contributed by atoms with E-state index >= 15 is 0 Å². The zero-order valence-electron chi connectivity index (χ0n) is 8.91. The Balaban J connectivity index is 3.23. The van der Waals surface area contributed by atoms with Crippen LogP contribution in [0.2, 0.25) is 0 Å². The number of hydrogen-bond donors (Lipinski definition) is 2. The van der Waals surface area contributed by atoms with Crippen LogP contribution in [0.3, 0.4) is 0 Å². The molecule has 0 amide bonds. The van der Waals surface area contributed by atoms with E-state index in [2.05, 4.69) is 10.1 Å². The third kappa shape index (κ3) is 6.82. The number of hydrogen-bond acceptors (Lipinski definition) is 5. The van der Waals surface area contributed by atoms with E-state index in [-0.39, 0.29) is 5.97 Å². The van der Waals surface area contributed by atoms with Gasteiger partial charge in [-0.25, -0.2) is 0 Å². The minimum absolute atomic E-state index is 0.358. The van der Waals surface area contributed by atoms with E-state index in [0.717, 1.165) is 26.1 Å². The molecule has 3 N–H and O–H groups in total. The number of carbonyl (C=O) groups is 1. The molecule has 0 saturated heterocycles. The van der Waals surface area contributed by atoms with E-state index in [1.807, 2.05) is 0 Å². The highest BCUT2D eigenvalue weighted by Gasteiger charge is 2.11. The molecule has 0 saturated carbocycles. The Morgan fingerprint density at radius 1 is 1.43 bits per heavy atom. The van der Waals surface area contributed by atoms with Gasteiger partial charge in [0.2, 0.25) is 0 Å². The van der Waals surface area contributed by atoms with Gasteiger partial charge in [-0.3, -0.25) is 4.79 Å². The summed E-state index contributed by atoms with van der Waals surface area (Å²) in [7, 11) is 3.02. The summed E-state index contributed by atoms with van der Waals surface area (Å²) in [5, 5.41) is 3.16. The lowest BCUT2D eigenvalue weighted by molar-refractivity contribution is -0.142. The molecule has 14 heavy (non-hydrogen) atoms. The van der Waals surface area contributed by atoms with Crippen LogP contribution in [0.15, 0.2) is 0 Å². The largest absolute Gasteiger partial charge is 0.468 e. The maximum absolute atomic E-state index is 10.9. The number of esters is 1. The van der Waals surface area contributed by atoms with Crippen molar-refractivity contribution in [2.24, 2.45) is 5.73 Å². The molecule has 0 aromatic rings. The molecule has 0 radical (unpaired) electrons. The fourth-order valence-corrected chi connectivity index (χ4v) is 0.993. The molecule has 0 aromatic heterocycles. The summed E-state index contributed by atoms with van der Waals surface area (Å²) < 4.78 is 9.38. The normalized spacial score (nSPS) is 12.5. The molecule has 0 spiro atoms. The quantitative estimate of drug-likeness (QED) is 0.412. The summed E-state index contributed by atoms with van der Waals surface area (Å²) in [5.41, 5.74) is 5.53. The lowest BCUT2D eigenvalue weighted by atomic mass is 10.2. The van der Waals surface area contributed by atoms with Gasteiger partial charge in [-0.15, -0.1) is 0 Å². The van der Waals surface area contributed by atoms with E-state index in [1.165, 1.54) is 7.11 Å². The Hall–Kier alpha value is -0.650. The smallest absolute Gasteiger partial charge is 0.322 e. The second-order valence-corrected chi connectivity index (χ2v) is 3.01. The Labute approximate surface area is 84.9 Å². The lowest BCUT2D eigenvalue weighted by Crippen LogP contribution is -2.35. The minimum Gasteiger partial charge on any atom is -0.468 e. The van der Waals surface area contributed by atoms with Gasteiger partial charge < -0.3 is 20.5 Å². The van der Waals surface area contributed by atoms with E-state index in [1.54, 1.807) is 7.11 Å². The highest BCUT2D eigenvalue weighted by Crippen LogP contribution is 1.89. The van der Waals surface area contributed by atoms with Crippen LogP contribution in [0.1, 0.15) is 12.8 Å². The van der Waals surface area contributed by atoms with E-state index < -0.39 is 6.04 Å². The molecule has 0 bridgehead atoms. The standard InChI is InChI=1S/C9H20N2O3/c1-13-7-3-5-11-6-4-8(10)9(12)14-2/h8,11H,3-7,10H2,1-2H3. The summed E-state index contributed by atoms with van der Waals surface area (Å²) >= 11 is 0. The highest BCUT2D eigenvalue weighted by molar-refractivity contribution is 5.75. The summed E-state index contributed by atoms with van der Waals surface area (Å²) in [4.78, 5) is 10.9. The average Bonchev–Trinajstić information content (AvgIpc) is 2.21. The molecule has 5 heteroatoms. The van der Waals surface area contributed by atoms with Gasteiger partial charge in [0.1, 0.15) is 6.04 Å². The third-order valence-corrected chi connectivity index (χ3v) is 1.84. The van der Waals surface area contributed by atoms with Gasteiger partial charge in [0, 0.05) is 13.7 Å². The van der Waals surface area contributed by atoms with Crippen LogP contribution < -0.4 is 11.1 Å². The SMILES string of the molecule is COCCCNCCC(N)C(=O)OC. The second kappa shape index (κ2) is 8.93. The van der Waals surface area contributed by atoms with E-state index in [4.69, 9.17) is 10.5 Å². The van der Waals surface area contributed by atoms with Crippen LogP contribution >= 0.6 is 0 Å². The van der Waals surface area contributed by atoms with Crippen molar-refractivity contribution in [2.75, 3.05) is 33.9 Å². The van der Waals surface area contributed by atoms with E-state index in [0.29, 0.717) is 6.42 Å². The van der Waals surface area contributed by atoms with Crippen LogP contribution in [0, 0.1) is 0 Å². The summed E-state index contributed by atoms with van der Waals surface area (Å²) in [6.07, 6.45) is 1.56. The van der Waals surface area contributed by atoms with Gasteiger partial charge in [0.05, 0.1) is 7.11 Å². The molecule has 0 aliphatic heterocycles. The first-order valence-corrected chi connectivity index (χ1v) is 4.75. The van der Waals surface area contributed by atoms with Crippen LogP contribution in [0.25, 0.3) is 0 Å². The van der Waals surface area contributed by atoms with Crippen molar-refractivity contribution in [1.29, 1.82) is 0 Å². The number of carbonyl (C=O) groups excluding carboxylic acids is 1. The molecular formula is C9H20N2O3. The molecule has 0 fully saturated rings. The Morgan fingerprint density at radius 2 is 2.14 bits per heavy atom. The Bertz CT molecular complexity index is 153. The van der Waals surface area contributed by atoms with Crippen molar-refractivity contribution >= 4 is 5.97 Å². The summed E-state index contributed by atoms with van der Waals surface area (Å²) in [6.45, 7) is 2.35. The van der Waals surface area contributed by atoms with Crippen molar-refractivity contribution in [3.63, 3.8) is 0 Å². The van der Waals surface area contributed by atoms with Crippen LogP contribution in [0.4, 0.5) is 0 Å². The molecule has 0 aliphatic rings. The second-order valence-electron chi connectivity index (χ2n) is 3.01. The molecule has 0 heterocycles. The first kappa shape index (κ1) is 13.4. The monoisotopic (exact) mass is 204 g/mol. The minimum atomic E-state index is -0.519. The van der Waals surface area contributed by atoms with Crippen LogP contribution in [-0.4, -0.2) is 45.9 Å². The van der Waals surface area contributed by atoms with Gasteiger partial charge in [0.25, 0.3) is 0 Å². The predicted molar refractivity (Wildman–Crippen MR) is 54.0 cm³/mol. The number of nitrogens with two attached hydrogens (primary N) is 1. The van der Waals surface area contributed by atoms with E-state index in [9.17, 15) is 4.79 Å². The number of nitrogens with one attached hydrogen (secondary N) is 1. The Kier molecular flexibility index (Phi) is 8.51. The van der Waals surface area contributed by atoms with Gasteiger partial charge in [0.15, 0.2) is 0 Å². The molecular weight excluding hydrogens is 184 g/mol. The first-order chi connectivity index (χ1) is 6.72. The molecule has 1 atom stereocenters. The van der Waals surface area contributed by atoms with Crippen molar-refractivity contribution in [2.45, 2.75) is 18.9 Å². The third-order valence-electron chi connectivity index (χ3n) is 1.84. The molecule has 5 nitrogen and oxygen atoms in total. The summed E-state index contributed by atoms with van der Waals surface area (Å²) in [6, 6.07) is -0.519. The fourth-order valence-electron chi connectivity index (χ4n) is 0.993. The topological polar surface area (TPSA) is 73.6 Å². The first-order valence-electron chi connectivity index (χ1n) is 4.75. The van der Waals surface area contributed by atoms with Gasteiger partial charge >= 0.3 is 5.97 Å². The fraction of sp³-hybridized carbons (Fsp3) is 0.889. The number of methoxy groups -OCH3 is 2. The zero-order chi connectivity index (χ0) is 10.8. The molecule has 0 aromatic carbocycles. The van der Waals surface area contributed by atoms with Crippen molar-refractivity contribution < 1.29 is 14.3 Å². The van der Waals surface area contributed by atoms with Crippen molar-refractivity contribution in [1.82, 2.24) is 5.32 Å². The Morgan fingerprint density at radius 3 is 2.71 bits per heavy atom.